The lowest BCUT2D eigenvalue weighted by Crippen LogP contribution is -2.53. The van der Waals surface area contributed by atoms with Crippen molar-refractivity contribution in [2.75, 3.05) is 26.2 Å². The van der Waals surface area contributed by atoms with Crippen LogP contribution >= 0.6 is 0 Å². The smallest absolute Gasteiger partial charge is 0.416 e. The molecule has 50 heavy (non-hydrogen) atoms. The van der Waals surface area contributed by atoms with Crippen LogP contribution in [0.1, 0.15) is 55.0 Å². The van der Waals surface area contributed by atoms with Crippen LogP contribution in [0.15, 0.2) is 48.2 Å². The number of carboxylic acid groups (broad SMARTS) is 1. The summed E-state index contributed by atoms with van der Waals surface area (Å²) in [6, 6.07) is 0.636. The van der Waals surface area contributed by atoms with Crippen LogP contribution in [0.4, 0.5) is 26.3 Å². The van der Waals surface area contributed by atoms with E-state index in [1.165, 1.54) is 30.9 Å². The number of allylic oxidation sites excluding steroid dienone is 2. The zero-order valence-corrected chi connectivity index (χ0v) is 28.0. The molecule has 0 spiro atoms. The van der Waals surface area contributed by atoms with Crippen molar-refractivity contribution in [2.45, 2.75) is 71.2 Å². The molecule has 2 amide bonds. The number of aryl methyl sites for hydroxylation is 2. The zero-order valence-electron chi connectivity index (χ0n) is 28.0. The van der Waals surface area contributed by atoms with E-state index in [0.29, 0.717) is 6.54 Å². The summed E-state index contributed by atoms with van der Waals surface area (Å²) in [5.41, 5.74) is -1.24. The standard InChI is InChI=1S/C35H40F6N4O5/c1-18(2)10-28(43-32(48)24-6-5-7-45(34(24)50)9-8-44-16-23(36)17-44)33(49)42-27(15-29(46)47)25-13-21(14-26(37)31(25)38)30-19(3)11-22(12-20(30)4)35(39,40)41/h5-7,11-14,18,23,27-28,34,50H,8-10,15-17H2,1-4H3,(H,42,49)(H,43,48)(H,46,47)/t27-,28-,34?/m0/s1. The molecule has 0 aromatic heterocycles. The fraction of sp³-hybridized carbons (Fsp3) is 0.457. The van der Waals surface area contributed by atoms with Crippen molar-refractivity contribution in [1.29, 1.82) is 0 Å². The molecule has 9 nitrogen and oxygen atoms in total. The van der Waals surface area contributed by atoms with Gasteiger partial charge in [0, 0.05) is 37.9 Å². The fourth-order valence-electron chi connectivity index (χ4n) is 6.16. The number of likely N-dealkylation sites (tertiary alicyclic amines) is 1. The van der Waals surface area contributed by atoms with E-state index in [4.69, 9.17) is 0 Å². The van der Waals surface area contributed by atoms with Crippen molar-refractivity contribution in [1.82, 2.24) is 20.4 Å². The van der Waals surface area contributed by atoms with E-state index in [1.807, 2.05) is 4.90 Å². The van der Waals surface area contributed by atoms with Crippen LogP contribution in [0.5, 0.6) is 0 Å². The Bertz CT molecular complexity index is 1650. The van der Waals surface area contributed by atoms with Crippen LogP contribution in [0.3, 0.4) is 0 Å². The summed E-state index contributed by atoms with van der Waals surface area (Å²) in [6.07, 6.45) is -3.33. The predicted octanol–water partition coefficient (Wildman–Crippen LogP) is 5.16. The number of hydrogen-bond donors (Lipinski definition) is 4. The zero-order chi connectivity index (χ0) is 37.1. The number of carbonyl (C=O) groups is 3. The van der Waals surface area contributed by atoms with Gasteiger partial charge < -0.3 is 25.7 Å². The average Bonchev–Trinajstić information content (AvgIpc) is 2.99. The summed E-state index contributed by atoms with van der Waals surface area (Å²) in [5.74, 6) is -6.26. The summed E-state index contributed by atoms with van der Waals surface area (Å²) in [6.45, 7) is 7.53. The highest BCUT2D eigenvalue weighted by Crippen LogP contribution is 2.37. The molecule has 2 aromatic rings. The molecule has 1 unspecified atom stereocenters. The summed E-state index contributed by atoms with van der Waals surface area (Å²) >= 11 is 0. The second-order valence-electron chi connectivity index (χ2n) is 13.1. The predicted molar refractivity (Wildman–Crippen MR) is 172 cm³/mol. The highest BCUT2D eigenvalue weighted by atomic mass is 19.4. The lowest BCUT2D eigenvalue weighted by atomic mass is 9.90. The quantitative estimate of drug-likeness (QED) is 0.212. The number of benzene rings is 2. The minimum absolute atomic E-state index is 0.0336. The molecule has 1 saturated heterocycles. The third-order valence-electron chi connectivity index (χ3n) is 8.60. The summed E-state index contributed by atoms with van der Waals surface area (Å²) in [7, 11) is 0. The number of aliphatic carboxylic acids is 1. The van der Waals surface area contributed by atoms with Gasteiger partial charge in [0.05, 0.1) is 23.6 Å². The Morgan fingerprint density at radius 3 is 2.20 bits per heavy atom. The Hall–Kier alpha value is -4.37. The van der Waals surface area contributed by atoms with Crippen LogP contribution in [0, 0.1) is 31.4 Å². The Labute approximate surface area is 285 Å². The number of aliphatic hydroxyl groups is 1. The molecule has 2 aliphatic heterocycles. The van der Waals surface area contributed by atoms with Gasteiger partial charge in [-0.05, 0) is 84.9 Å². The summed E-state index contributed by atoms with van der Waals surface area (Å²) in [4.78, 5) is 42.2. The van der Waals surface area contributed by atoms with E-state index < -0.39 is 77.6 Å². The maximum absolute atomic E-state index is 15.4. The molecule has 272 valence electrons. The molecule has 4 N–H and O–H groups in total. The highest BCUT2D eigenvalue weighted by Gasteiger charge is 2.34. The number of rotatable bonds is 13. The molecule has 2 heterocycles. The van der Waals surface area contributed by atoms with Gasteiger partial charge in [-0.2, -0.15) is 13.2 Å². The maximum Gasteiger partial charge on any atom is 0.416 e. The molecule has 2 aromatic carbocycles. The average molecular weight is 711 g/mol. The molecule has 2 aliphatic rings. The molecular formula is C35H40F6N4O5. The van der Waals surface area contributed by atoms with E-state index in [-0.39, 0.29) is 59.8 Å². The number of nitrogens with zero attached hydrogens (tertiary/aromatic N) is 2. The van der Waals surface area contributed by atoms with Crippen LogP contribution < -0.4 is 10.6 Å². The molecule has 1 fully saturated rings. The number of carboxylic acids is 1. The van der Waals surface area contributed by atoms with Crippen molar-refractivity contribution in [3.63, 3.8) is 0 Å². The number of nitrogens with one attached hydrogen (secondary N) is 2. The maximum atomic E-state index is 15.4. The first-order chi connectivity index (χ1) is 23.3. The number of hydrogen-bond acceptors (Lipinski definition) is 6. The molecular weight excluding hydrogens is 670 g/mol. The third-order valence-corrected chi connectivity index (χ3v) is 8.60. The van der Waals surface area contributed by atoms with Gasteiger partial charge in [0.15, 0.2) is 17.9 Å². The van der Waals surface area contributed by atoms with Gasteiger partial charge in [-0.25, -0.2) is 13.2 Å². The lowest BCUT2D eigenvalue weighted by Gasteiger charge is -2.37. The highest BCUT2D eigenvalue weighted by molar-refractivity contribution is 5.98. The van der Waals surface area contributed by atoms with Gasteiger partial charge in [0.2, 0.25) is 5.91 Å². The number of amides is 2. The largest absolute Gasteiger partial charge is 0.481 e. The minimum Gasteiger partial charge on any atom is -0.481 e. The number of halogens is 6. The van der Waals surface area contributed by atoms with Crippen LogP contribution in [0.25, 0.3) is 11.1 Å². The minimum atomic E-state index is -4.65. The second kappa shape index (κ2) is 15.7. The van der Waals surface area contributed by atoms with Crippen LogP contribution in [-0.2, 0) is 20.6 Å². The monoisotopic (exact) mass is 710 g/mol. The molecule has 0 aliphatic carbocycles. The van der Waals surface area contributed by atoms with Gasteiger partial charge in [-0.15, -0.1) is 0 Å². The van der Waals surface area contributed by atoms with Crippen LogP contribution in [0.2, 0.25) is 0 Å². The second-order valence-corrected chi connectivity index (χ2v) is 13.1. The first kappa shape index (κ1) is 38.4. The molecule has 0 bridgehead atoms. The normalized spacial score (nSPS) is 18.0. The van der Waals surface area contributed by atoms with Crippen molar-refractivity contribution < 1.29 is 50.9 Å². The molecule has 0 radical (unpaired) electrons. The van der Waals surface area contributed by atoms with Gasteiger partial charge in [0.25, 0.3) is 5.91 Å². The van der Waals surface area contributed by atoms with Crippen molar-refractivity contribution in [2.24, 2.45) is 5.92 Å². The summed E-state index contributed by atoms with van der Waals surface area (Å²) in [5, 5.41) is 25.5. The first-order valence-corrected chi connectivity index (χ1v) is 16.0. The Morgan fingerprint density at radius 1 is 1.00 bits per heavy atom. The lowest BCUT2D eigenvalue weighted by molar-refractivity contribution is -0.139. The topological polar surface area (TPSA) is 122 Å². The van der Waals surface area contributed by atoms with Gasteiger partial charge in [-0.3, -0.25) is 19.3 Å². The van der Waals surface area contributed by atoms with Gasteiger partial charge >= 0.3 is 12.1 Å². The fourth-order valence-corrected chi connectivity index (χ4v) is 6.16. The Morgan fingerprint density at radius 2 is 1.64 bits per heavy atom. The van der Waals surface area contributed by atoms with E-state index in [0.717, 1.165) is 24.3 Å². The Kier molecular flexibility index (Phi) is 12.0. The molecule has 15 heteroatoms. The number of carbonyl (C=O) groups excluding carboxylic acids is 2. The van der Waals surface area contributed by atoms with E-state index in [1.54, 1.807) is 20.0 Å². The number of alkyl halides is 4. The first-order valence-electron chi connectivity index (χ1n) is 16.0. The van der Waals surface area contributed by atoms with Crippen LogP contribution in [-0.4, -0.2) is 82.4 Å². The van der Waals surface area contributed by atoms with E-state index >= 15 is 8.78 Å². The van der Waals surface area contributed by atoms with E-state index in [2.05, 4.69) is 10.6 Å². The molecule has 4 rings (SSSR count). The number of aliphatic hydroxyl groups excluding tert-OH is 1. The third kappa shape index (κ3) is 9.24. The van der Waals surface area contributed by atoms with Crippen molar-refractivity contribution in [3.05, 3.63) is 82.1 Å². The van der Waals surface area contributed by atoms with Gasteiger partial charge in [0.1, 0.15) is 12.2 Å². The van der Waals surface area contributed by atoms with Crippen molar-refractivity contribution in [3.8, 4) is 11.1 Å². The van der Waals surface area contributed by atoms with E-state index in [9.17, 15) is 42.2 Å². The van der Waals surface area contributed by atoms with Gasteiger partial charge in [-0.1, -0.05) is 13.8 Å². The van der Waals surface area contributed by atoms with Crippen molar-refractivity contribution >= 4 is 17.8 Å². The SMILES string of the molecule is Cc1cc(C(F)(F)F)cc(C)c1-c1cc(F)c(F)c([C@H](CC(=O)O)NC(=O)[C@H](CC(C)C)NC(=O)C2=CC=CN(CCN3CC(F)C3)C2O)c1. The molecule has 3 atom stereocenters. The molecule has 0 saturated carbocycles. The summed E-state index contributed by atoms with van der Waals surface area (Å²) < 4.78 is 83.8. The Balaban J connectivity index is 1.58.